The molecule has 5 aliphatic carbocycles. The Morgan fingerprint density at radius 1 is 1.17 bits per heavy atom. The third-order valence-electron chi connectivity index (χ3n) is 11.4. The molecule has 6 nitrogen and oxygen atoms in total. The van der Waals surface area contributed by atoms with Crippen molar-refractivity contribution in [1.82, 2.24) is 4.90 Å². The van der Waals surface area contributed by atoms with E-state index in [4.69, 9.17) is 18.6 Å². The van der Waals surface area contributed by atoms with Gasteiger partial charge in [0.25, 0.3) is 0 Å². The monoisotopic (exact) mass is 491 g/mol. The smallest absolute Gasteiger partial charge is 0.165 e. The molecular formula is C30H37NO5. The summed E-state index contributed by atoms with van der Waals surface area (Å²) in [6.45, 7) is 5.89. The number of furan rings is 1. The number of methoxy groups -OCH3 is 1. The van der Waals surface area contributed by atoms with Crippen LogP contribution in [0, 0.1) is 16.7 Å². The van der Waals surface area contributed by atoms with Gasteiger partial charge < -0.3 is 23.7 Å². The fourth-order valence-corrected chi connectivity index (χ4v) is 9.91. The van der Waals surface area contributed by atoms with Gasteiger partial charge in [0.05, 0.1) is 25.7 Å². The molecule has 3 heterocycles. The number of ether oxygens (including phenoxy) is 3. The van der Waals surface area contributed by atoms with Crippen molar-refractivity contribution in [3.63, 3.8) is 0 Å². The summed E-state index contributed by atoms with van der Waals surface area (Å²) in [6, 6.07) is 6.51. The van der Waals surface area contributed by atoms with E-state index in [0.29, 0.717) is 19.3 Å². The second-order valence-corrected chi connectivity index (χ2v) is 12.9. The summed E-state index contributed by atoms with van der Waals surface area (Å²) >= 11 is 0. The number of piperidine rings is 1. The molecule has 6 heteroatoms. The van der Waals surface area contributed by atoms with E-state index >= 15 is 0 Å². The van der Waals surface area contributed by atoms with E-state index in [1.807, 2.05) is 19.2 Å². The number of hydrogen-bond donors (Lipinski definition) is 1. The highest BCUT2D eigenvalue weighted by molar-refractivity contribution is 5.63. The molecule has 0 radical (unpaired) electrons. The molecule has 1 N–H and O–H groups in total. The van der Waals surface area contributed by atoms with Gasteiger partial charge in [0.2, 0.25) is 0 Å². The van der Waals surface area contributed by atoms with E-state index in [9.17, 15) is 5.11 Å². The summed E-state index contributed by atoms with van der Waals surface area (Å²) in [5.41, 5.74) is 3.10. The molecule has 1 aromatic heterocycles. The molecule has 4 bridgehead atoms. The number of phenols is 1. The molecule has 5 fully saturated rings. The van der Waals surface area contributed by atoms with Gasteiger partial charge in [-0.15, -0.1) is 0 Å². The zero-order valence-corrected chi connectivity index (χ0v) is 21.4. The van der Waals surface area contributed by atoms with Crippen LogP contribution in [0.5, 0.6) is 11.5 Å². The quantitative estimate of drug-likeness (QED) is 0.599. The summed E-state index contributed by atoms with van der Waals surface area (Å²) in [5.74, 6) is 1.90. The lowest BCUT2D eigenvalue weighted by molar-refractivity contribution is -0.314. The topological polar surface area (TPSA) is 64.3 Å². The van der Waals surface area contributed by atoms with Crippen LogP contribution in [-0.2, 0) is 27.9 Å². The third kappa shape index (κ3) is 2.45. The van der Waals surface area contributed by atoms with Gasteiger partial charge in [-0.25, -0.2) is 0 Å². The van der Waals surface area contributed by atoms with Gasteiger partial charge >= 0.3 is 0 Å². The van der Waals surface area contributed by atoms with Gasteiger partial charge in [0, 0.05) is 47.1 Å². The minimum atomic E-state index is -0.464. The predicted molar refractivity (Wildman–Crippen MR) is 133 cm³/mol. The third-order valence-corrected chi connectivity index (χ3v) is 11.4. The number of hydrogen-bond acceptors (Lipinski definition) is 6. The molecule has 9 rings (SSSR count). The maximum absolute atomic E-state index is 11.0. The number of likely N-dealkylation sites (tertiary alicyclic amines) is 1. The minimum absolute atomic E-state index is 0.0995. The molecule has 2 spiro atoms. The van der Waals surface area contributed by atoms with E-state index in [-0.39, 0.29) is 28.1 Å². The van der Waals surface area contributed by atoms with E-state index < -0.39 is 5.60 Å². The molecule has 4 saturated carbocycles. The fraction of sp³-hybridized carbons (Fsp3) is 0.667. The molecule has 6 atom stereocenters. The standard InChI is InChI=1S/C30H37NO5/c1-27(18-35-16-20-7-12-34-15-20)17-28-8-9-30(27,33-2)26-29(28)10-11-31(14-19-3-4-19)23(28)13-21-5-6-22(32)25(36-26)24(21)29/h5-7,12,15,19,23,26,32H,3-4,8-11,13-14,16-18H2,1-2H3/t23-,26-,27-,28-,29+,30+/m1/s1. The number of phenolic OH excluding ortho intramolecular Hbond substituents is 1. The molecule has 0 unspecified atom stereocenters. The largest absolute Gasteiger partial charge is 0.504 e. The summed E-state index contributed by atoms with van der Waals surface area (Å²) in [4.78, 5) is 2.85. The zero-order chi connectivity index (χ0) is 24.3. The van der Waals surface area contributed by atoms with Crippen LogP contribution in [-0.4, -0.2) is 54.6 Å². The second kappa shape index (κ2) is 7.09. The van der Waals surface area contributed by atoms with Crippen LogP contribution in [0.1, 0.15) is 62.1 Å². The Balaban J connectivity index is 1.27. The summed E-state index contributed by atoms with van der Waals surface area (Å²) in [7, 11) is 1.87. The second-order valence-electron chi connectivity index (χ2n) is 12.9. The number of benzene rings is 1. The summed E-state index contributed by atoms with van der Waals surface area (Å²) < 4.78 is 25.3. The number of nitrogens with zero attached hydrogens (tertiary/aromatic N) is 1. The molecule has 2 aromatic rings. The fourth-order valence-electron chi connectivity index (χ4n) is 9.91. The first-order valence-corrected chi connectivity index (χ1v) is 13.9. The van der Waals surface area contributed by atoms with Crippen LogP contribution < -0.4 is 4.74 Å². The van der Waals surface area contributed by atoms with Gasteiger partial charge in [-0.1, -0.05) is 13.0 Å². The maximum atomic E-state index is 11.0. The Bertz CT molecular complexity index is 1210. The van der Waals surface area contributed by atoms with Crippen molar-refractivity contribution in [2.75, 3.05) is 26.8 Å². The molecule has 1 aromatic carbocycles. The van der Waals surface area contributed by atoms with E-state index in [1.165, 1.54) is 30.5 Å². The Kier molecular flexibility index (Phi) is 4.33. The maximum Gasteiger partial charge on any atom is 0.165 e. The van der Waals surface area contributed by atoms with Crippen LogP contribution in [0.3, 0.4) is 0 Å². The summed E-state index contributed by atoms with van der Waals surface area (Å²) in [5, 5.41) is 11.0. The number of fused-ring (bicyclic) bond motifs is 2. The van der Waals surface area contributed by atoms with Gasteiger partial charge in [-0.3, -0.25) is 4.90 Å². The van der Waals surface area contributed by atoms with Gasteiger partial charge in [0.15, 0.2) is 11.5 Å². The van der Waals surface area contributed by atoms with Crippen LogP contribution >= 0.6 is 0 Å². The van der Waals surface area contributed by atoms with Crippen molar-refractivity contribution in [3.8, 4) is 11.5 Å². The Morgan fingerprint density at radius 2 is 2.06 bits per heavy atom. The molecule has 1 saturated heterocycles. The zero-order valence-electron chi connectivity index (χ0n) is 21.4. The molecule has 36 heavy (non-hydrogen) atoms. The first-order chi connectivity index (χ1) is 17.5. The van der Waals surface area contributed by atoms with Crippen molar-refractivity contribution < 1.29 is 23.7 Å². The first-order valence-electron chi connectivity index (χ1n) is 13.9. The average molecular weight is 492 g/mol. The molecule has 7 aliphatic rings. The highest BCUT2D eigenvalue weighted by Gasteiger charge is 2.83. The Labute approximate surface area is 212 Å². The molecule has 2 aliphatic heterocycles. The van der Waals surface area contributed by atoms with E-state index in [2.05, 4.69) is 17.9 Å². The van der Waals surface area contributed by atoms with Crippen molar-refractivity contribution in [1.29, 1.82) is 0 Å². The normalized spacial score (nSPS) is 41.8. The minimum Gasteiger partial charge on any atom is -0.504 e. The van der Waals surface area contributed by atoms with Crippen LogP contribution in [0.4, 0.5) is 0 Å². The van der Waals surface area contributed by atoms with Gasteiger partial charge in [0.1, 0.15) is 11.7 Å². The Morgan fingerprint density at radius 3 is 2.83 bits per heavy atom. The SMILES string of the molecule is CO[C@]12CC[C@@]3(C[C@]1(C)COCc1ccoc1)[C@H]1Cc4ccc(O)c5c4[C@@]3(CCN1CC1CC1)[C@H]2O5. The summed E-state index contributed by atoms with van der Waals surface area (Å²) in [6.07, 6.45) is 11.5. The number of aromatic hydroxyl groups is 1. The Hall–Kier alpha value is -2.02. The lowest BCUT2D eigenvalue weighted by Gasteiger charge is -2.76. The van der Waals surface area contributed by atoms with Crippen LogP contribution in [0.25, 0.3) is 0 Å². The molecule has 192 valence electrons. The molecular weight excluding hydrogens is 454 g/mol. The van der Waals surface area contributed by atoms with Gasteiger partial charge in [-0.05, 0) is 75.1 Å². The first kappa shape index (κ1) is 22.0. The highest BCUT2D eigenvalue weighted by Crippen LogP contribution is 2.79. The average Bonchev–Trinajstić information content (AvgIpc) is 3.38. The van der Waals surface area contributed by atoms with Crippen LogP contribution in [0.15, 0.2) is 35.1 Å². The highest BCUT2D eigenvalue weighted by atomic mass is 16.6. The van der Waals surface area contributed by atoms with Crippen molar-refractivity contribution >= 4 is 0 Å². The van der Waals surface area contributed by atoms with Crippen molar-refractivity contribution in [3.05, 3.63) is 47.4 Å². The van der Waals surface area contributed by atoms with E-state index in [1.54, 1.807) is 12.5 Å². The van der Waals surface area contributed by atoms with Crippen molar-refractivity contribution in [2.24, 2.45) is 16.7 Å². The van der Waals surface area contributed by atoms with Crippen LogP contribution in [0.2, 0.25) is 0 Å². The van der Waals surface area contributed by atoms with Crippen molar-refractivity contribution in [2.45, 2.75) is 81.6 Å². The number of rotatable bonds is 7. The molecule has 0 amide bonds. The predicted octanol–water partition coefficient (Wildman–Crippen LogP) is 4.82. The lowest BCUT2D eigenvalue weighted by Crippen LogP contribution is -2.83. The van der Waals surface area contributed by atoms with Gasteiger partial charge in [-0.2, -0.15) is 0 Å². The lowest BCUT2D eigenvalue weighted by atomic mass is 9.32. The van der Waals surface area contributed by atoms with E-state index in [0.717, 1.165) is 55.9 Å².